The van der Waals surface area contributed by atoms with Gasteiger partial charge in [0.15, 0.2) is 0 Å². The number of aromatic nitrogens is 2. The number of nitrogens with zero attached hydrogens (tertiary/aromatic N) is 4. The number of likely N-dealkylation sites (N-methyl/N-ethyl adjacent to an activating group) is 1. The summed E-state index contributed by atoms with van der Waals surface area (Å²) in [6.07, 6.45) is 14.0. The van der Waals surface area contributed by atoms with Gasteiger partial charge >= 0.3 is 6.09 Å². The van der Waals surface area contributed by atoms with Crippen LogP contribution < -0.4 is 5.32 Å². The quantitative estimate of drug-likeness (QED) is 0.475. The molecule has 2 N–H and O–H groups in total. The van der Waals surface area contributed by atoms with Crippen LogP contribution in [-0.2, 0) is 4.74 Å². The fourth-order valence-electron chi connectivity index (χ4n) is 6.61. The van der Waals surface area contributed by atoms with Gasteiger partial charge in [-0.1, -0.05) is 49.4 Å². The molecule has 0 radical (unpaired) electrons. The van der Waals surface area contributed by atoms with Gasteiger partial charge in [-0.3, -0.25) is 20.1 Å². The molecule has 0 saturated carbocycles. The Morgan fingerprint density at radius 2 is 1.85 bits per heavy atom. The third-order valence-electron chi connectivity index (χ3n) is 9.07. The molecule has 0 spiro atoms. The van der Waals surface area contributed by atoms with Gasteiger partial charge in [0.25, 0.3) is 0 Å². The number of likely N-dealkylation sites (tertiary alicyclic amines) is 2. The third kappa shape index (κ3) is 5.77. The number of H-pyrrole nitrogens is 1. The molecule has 4 atom stereocenters. The molecule has 6 rings (SSSR count). The maximum atomic E-state index is 12.7. The van der Waals surface area contributed by atoms with Crippen LogP contribution in [0.15, 0.2) is 53.7 Å². The maximum Gasteiger partial charge on any atom is 0.410 e. The number of hydrogen-bond acceptors (Lipinski definition) is 6. The number of benzene rings is 1. The predicted molar refractivity (Wildman–Crippen MR) is 164 cm³/mol. The van der Waals surface area contributed by atoms with Crippen molar-refractivity contribution in [2.24, 2.45) is 10.4 Å². The van der Waals surface area contributed by atoms with E-state index in [2.05, 4.69) is 76.6 Å². The highest BCUT2D eigenvalue weighted by atomic mass is 16.6. The van der Waals surface area contributed by atoms with Gasteiger partial charge in [-0.25, -0.2) is 9.78 Å². The minimum atomic E-state index is -0.515. The third-order valence-corrected chi connectivity index (χ3v) is 9.07. The van der Waals surface area contributed by atoms with Crippen molar-refractivity contribution in [1.82, 2.24) is 25.1 Å². The zero-order chi connectivity index (χ0) is 28.8. The SMILES string of the molecule is CN1CCCC1C1N=C(C2(C)C=CC(c3ccc(-c4cnc(C5CCCN5C(=O)OC(C)(C)C)[nH]4)cc3)=CC2)CN1. The van der Waals surface area contributed by atoms with Crippen LogP contribution in [0.5, 0.6) is 0 Å². The number of ether oxygens (including phenoxy) is 1. The topological polar surface area (TPSA) is 85.8 Å². The summed E-state index contributed by atoms with van der Waals surface area (Å²) in [6, 6.07) is 9.07. The summed E-state index contributed by atoms with van der Waals surface area (Å²) in [4.78, 5) is 30.3. The Hall–Kier alpha value is -3.23. The van der Waals surface area contributed by atoms with Crippen molar-refractivity contribution in [3.63, 3.8) is 0 Å². The molecule has 2 fully saturated rings. The van der Waals surface area contributed by atoms with Crippen molar-refractivity contribution in [3.05, 3.63) is 60.1 Å². The molecular formula is C33H44N6O2. The lowest BCUT2D eigenvalue weighted by atomic mass is 9.77. The van der Waals surface area contributed by atoms with Crippen molar-refractivity contribution in [2.45, 2.75) is 83.6 Å². The van der Waals surface area contributed by atoms with E-state index in [4.69, 9.17) is 9.73 Å². The van der Waals surface area contributed by atoms with Crippen LogP contribution in [0.1, 0.15) is 77.2 Å². The highest BCUT2D eigenvalue weighted by Crippen LogP contribution is 2.37. The van der Waals surface area contributed by atoms with Crippen molar-refractivity contribution < 1.29 is 9.53 Å². The van der Waals surface area contributed by atoms with E-state index in [1.54, 1.807) is 4.90 Å². The van der Waals surface area contributed by atoms with Gasteiger partial charge in [-0.15, -0.1) is 0 Å². The number of rotatable bonds is 5. The number of carbonyl (C=O) groups excluding carboxylic acids is 1. The van der Waals surface area contributed by atoms with Crippen molar-refractivity contribution in [2.75, 3.05) is 26.7 Å². The lowest BCUT2D eigenvalue weighted by molar-refractivity contribution is 0.0218. The average Bonchev–Trinajstić information content (AvgIpc) is 3.75. The number of amides is 1. The van der Waals surface area contributed by atoms with Crippen molar-refractivity contribution in [1.29, 1.82) is 0 Å². The van der Waals surface area contributed by atoms with E-state index in [1.807, 2.05) is 27.0 Å². The first kappa shape index (κ1) is 27.9. The van der Waals surface area contributed by atoms with Gasteiger partial charge < -0.3 is 9.72 Å². The average molecular weight is 557 g/mol. The minimum absolute atomic E-state index is 0.0396. The smallest absolute Gasteiger partial charge is 0.410 e. The fraction of sp³-hybridized carbons (Fsp3) is 0.545. The van der Waals surface area contributed by atoms with Crippen LogP contribution in [0.4, 0.5) is 4.79 Å². The number of allylic oxidation sites excluding steroid dienone is 4. The molecular weight excluding hydrogens is 512 g/mol. The largest absolute Gasteiger partial charge is 0.444 e. The first-order valence-electron chi connectivity index (χ1n) is 15.2. The molecule has 8 nitrogen and oxygen atoms in total. The first-order valence-corrected chi connectivity index (χ1v) is 15.2. The molecule has 1 aliphatic carbocycles. The highest BCUT2D eigenvalue weighted by molar-refractivity contribution is 5.96. The molecule has 2 aromatic rings. The summed E-state index contributed by atoms with van der Waals surface area (Å²) in [6.45, 7) is 10.7. The predicted octanol–water partition coefficient (Wildman–Crippen LogP) is 5.96. The molecule has 1 amide bonds. The van der Waals surface area contributed by atoms with Crippen LogP contribution in [0.25, 0.3) is 16.8 Å². The van der Waals surface area contributed by atoms with Crippen molar-refractivity contribution >= 4 is 17.4 Å². The molecule has 2 saturated heterocycles. The second kappa shape index (κ2) is 10.9. The van der Waals surface area contributed by atoms with Crippen LogP contribution in [0, 0.1) is 5.41 Å². The Labute approximate surface area is 244 Å². The van der Waals surface area contributed by atoms with E-state index in [1.165, 1.54) is 36.2 Å². The molecule has 1 aromatic carbocycles. The molecule has 4 unspecified atom stereocenters. The van der Waals surface area contributed by atoms with Crippen LogP contribution in [-0.4, -0.2) is 76.1 Å². The van der Waals surface area contributed by atoms with Gasteiger partial charge in [-0.05, 0) is 83.2 Å². The van der Waals surface area contributed by atoms with E-state index in [0.29, 0.717) is 12.6 Å². The number of hydrogen-bond donors (Lipinski definition) is 2. The van der Waals surface area contributed by atoms with Gasteiger partial charge in [0, 0.05) is 30.3 Å². The number of aliphatic imine (C=N–C) groups is 1. The molecule has 3 aliphatic heterocycles. The van der Waals surface area contributed by atoms with E-state index >= 15 is 0 Å². The summed E-state index contributed by atoms with van der Waals surface area (Å²) in [5, 5.41) is 3.67. The van der Waals surface area contributed by atoms with Gasteiger partial charge in [0.1, 0.15) is 17.6 Å². The number of nitrogens with one attached hydrogen (secondary N) is 2. The Morgan fingerprint density at radius 1 is 1.10 bits per heavy atom. The summed E-state index contributed by atoms with van der Waals surface area (Å²) in [7, 11) is 2.22. The lowest BCUT2D eigenvalue weighted by Gasteiger charge is -2.28. The Bertz CT molecular complexity index is 1370. The molecule has 0 bridgehead atoms. The summed E-state index contributed by atoms with van der Waals surface area (Å²) in [5.41, 5.74) is 5.20. The normalized spacial score (nSPS) is 28.7. The minimum Gasteiger partial charge on any atom is -0.444 e. The van der Waals surface area contributed by atoms with E-state index in [0.717, 1.165) is 42.9 Å². The van der Waals surface area contributed by atoms with Crippen LogP contribution >= 0.6 is 0 Å². The van der Waals surface area contributed by atoms with E-state index < -0.39 is 5.60 Å². The lowest BCUT2D eigenvalue weighted by Crippen LogP contribution is -2.42. The van der Waals surface area contributed by atoms with E-state index in [-0.39, 0.29) is 23.7 Å². The fourth-order valence-corrected chi connectivity index (χ4v) is 6.61. The van der Waals surface area contributed by atoms with Crippen molar-refractivity contribution in [3.8, 4) is 11.3 Å². The Balaban J connectivity index is 1.10. The summed E-state index contributed by atoms with van der Waals surface area (Å²) >= 11 is 0. The maximum absolute atomic E-state index is 12.7. The molecule has 1 aromatic heterocycles. The zero-order valence-corrected chi connectivity index (χ0v) is 25.1. The summed E-state index contributed by atoms with van der Waals surface area (Å²) in [5.74, 6) is 0.816. The Kier molecular flexibility index (Phi) is 7.41. The van der Waals surface area contributed by atoms with Gasteiger partial charge in [0.05, 0.1) is 17.9 Å². The molecule has 4 aliphatic rings. The number of carbonyl (C=O) groups is 1. The molecule has 4 heterocycles. The van der Waals surface area contributed by atoms with Gasteiger partial charge in [-0.2, -0.15) is 0 Å². The molecule has 8 heteroatoms. The molecule has 218 valence electrons. The van der Waals surface area contributed by atoms with E-state index in [9.17, 15) is 4.79 Å². The first-order chi connectivity index (χ1) is 19.6. The summed E-state index contributed by atoms with van der Waals surface area (Å²) < 4.78 is 5.63. The highest BCUT2D eigenvalue weighted by Gasteiger charge is 2.38. The number of aromatic amines is 1. The number of imidazole rings is 1. The van der Waals surface area contributed by atoms with Crippen LogP contribution in [0.2, 0.25) is 0 Å². The monoisotopic (exact) mass is 556 g/mol. The Morgan fingerprint density at radius 3 is 2.54 bits per heavy atom. The van der Waals surface area contributed by atoms with Crippen LogP contribution in [0.3, 0.4) is 0 Å². The molecule has 41 heavy (non-hydrogen) atoms. The second-order valence-corrected chi connectivity index (χ2v) is 13.3. The standard InChI is InChI=1S/C33H44N6O2/c1-32(2,3)41-31(40)39-19-7-9-27(39)30-34-20-25(36-30)24-12-10-22(11-13-24)23-14-16-33(4,17-15-23)28-21-35-29(37-28)26-8-6-18-38(26)5/h10-16,20,26-27,29,35H,6-9,17-19,21H2,1-5H3,(H,34,36). The zero-order valence-electron chi connectivity index (χ0n) is 25.1. The van der Waals surface area contributed by atoms with Gasteiger partial charge in [0.2, 0.25) is 0 Å². The second-order valence-electron chi connectivity index (χ2n) is 13.3.